The van der Waals surface area contributed by atoms with Gasteiger partial charge in [0.05, 0.1) is 5.52 Å². The van der Waals surface area contributed by atoms with Crippen LogP contribution in [-0.2, 0) is 10.4 Å². The fourth-order valence-corrected chi connectivity index (χ4v) is 2.76. The van der Waals surface area contributed by atoms with E-state index in [1.807, 2.05) is 17.5 Å². The van der Waals surface area contributed by atoms with Crippen LogP contribution >= 0.6 is 15.9 Å². The molecule has 0 amide bonds. The minimum Gasteiger partial charge on any atom is -0.412 e. The van der Waals surface area contributed by atoms with Crippen molar-refractivity contribution in [3.05, 3.63) is 23.1 Å². The van der Waals surface area contributed by atoms with Crippen molar-refractivity contribution in [3.63, 3.8) is 0 Å². The molecular weight excluding hydrogens is 434 g/mol. The van der Waals surface area contributed by atoms with E-state index < -0.39 is 10.4 Å². The van der Waals surface area contributed by atoms with E-state index in [0.717, 1.165) is 34.5 Å². The number of aromatic nitrogens is 5. The molecule has 5 N–H and O–H groups in total. The molecule has 3 aromatic heterocycles. The zero-order valence-corrected chi connectivity index (χ0v) is 15.8. The van der Waals surface area contributed by atoms with E-state index in [-0.39, 0.29) is 5.48 Å². The van der Waals surface area contributed by atoms with Crippen molar-refractivity contribution in [1.82, 2.24) is 29.9 Å². The smallest absolute Gasteiger partial charge is 0.394 e. The van der Waals surface area contributed by atoms with Crippen LogP contribution in [0.2, 0.25) is 0 Å². The van der Waals surface area contributed by atoms with E-state index in [1.165, 1.54) is 0 Å². The van der Waals surface area contributed by atoms with Crippen molar-refractivity contribution in [1.29, 1.82) is 0 Å². The number of rotatable bonds is 2. The summed E-state index contributed by atoms with van der Waals surface area (Å²) in [6.45, 7) is 1.85. The lowest BCUT2D eigenvalue weighted by Gasteiger charge is -2.39. The van der Waals surface area contributed by atoms with Gasteiger partial charge >= 0.3 is 10.4 Å². The number of fused-ring (bicyclic) bond motifs is 3. The van der Waals surface area contributed by atoms with Gasteiger partial charge in [0.1, 0.15) is 6.33 Å². The fraction of sp³-hybridized carbons (Fsp3) is 0.333. The number of pyridine rings is 1. The number of nitrogens with zero attached hydrogens (tertiary/aromatic N) is 6. The second-order valence-electron chi connectivity index (χ2n) is 5.29. The summed E-state index contributed by atoms with van der Waals surface area (Å²) < 4.78 is 34.4. The van der Waals surface area contributed by atoms with Crippen LogP contribution in [0.25, 0.3) is 16.8 Å². The van der Waals surface area contributed by atoms with Crippen molar-refractivity contribution in [3.8, 4) is 0 Å². The Labute approximate surface area is 156 Å². The van der Waals surface area contributed by atoms with Crippen LogP contribution in [-0.4, -0.2) is 73.7 Å². The maximum absolute atomic E-state index is 8.74. The highest BCUT2D eigenvalue weighted by Crippen LogP contribution is 2.26. The molecule has 4 heterocycles. The maximum Gasteiger partial charge on any atom is 0.394 e. The summed E-state index contributed by atoms with van der Waals surface area (Å²) in [4.78, 5) is 11.2. The summed E-state index contributed by atoms with van der Waals surface area (Å²) in [5, 5.41) is 11.5. The van der Waals surface area contributed by atoms with E-state index in [1.54, 1.807) is 12.5 Å². The molecule has 142 valence electrons. The highest BCUT2D eigenvalue weighted by molar-refractivity contribution is 9.10. The summed E-state index contributed by atoms with van der Waals surface area (Å²) in [7, 11) is -2.69. The van der Waals surface area contributed by atoms with Gasteiger partial charge in [0.15, 0.2) is 11.5 Å². The SMILES string of the molecule is CNC1CN(c2nc3ncc(Br)cc3n3cnnc23)C1.O.O=S(=O)(O)O. The summed E-state index contributed by atoms with van der Waals surface area (Å²) in [5.74, 6) is 0.844. The first-order valence-electron chi connectivity index (χ1n) is 7.03. The van der Waals surface area contributed by atoms with Gasteiger partial charge in [0.2, 0.25) is 5.65 Å². The third kappa shape index (κ3) is 4.40. The topological polar surface area (TPSA) is 177 Å². The van der Waals surface area contributed by atoms with Gasteiger partial charge in [0.25, 0.3) is 0 Å². The summed E-state index contributed by atoms with van der Waals surface area (Å²) >= 11 is 3.43. The Balaban J connectivity index is 0.000000362. The van der Waals surface area contributed by atoms with E-state index in [0.29, 0.717) is 11.7 Å². The summed E-state index contributed by atoms with van der Waals surface area (Å²) in [6.07, 6.45) is 3.45. The van der Waals surface area contributed by atoms with Crippen LogP contribution < -0.4 is 10.2 Å². The Kier molecular flexibility index (Phi) is 6.05. The third-order valence-corrected chi connectivity index (χ3v) is 4.06. The highest BCUT2D eigenvalue weighted by Gasteiger charge is 2.29. The summed E-state index contributed by atoms with van der Waals surface area (Å²) in [5.41, 5.74) is 2.36. The molecule has 26 heavy (non-hydrogen) atoms. The lowest BCUT2D eigenvalue weighted by molar-refractivity contribution is 0.381. The van der Waals surface area contributed by atoms with Crippen molar-refractivity contribution < 1.29 is 23.0 Å². The monoisotopic (exact) mass is 449 g/mol. The molecule has 0 aromatic carbocycles. The minimum atomic E-state index is -4.67. The molecule has 14 heteroatoms. The van der Waals surface area contributed by atoms with Gasteiger partial charge in [-0.3, -0.25) is 13.5 Å². The molecule has 12 nitrogen and oxygen atoms in total. The molecule has 0 spiro atoms. The average Bonchev–Trinajstić information content (AvgIpc) is 2.94. The maximum atomic E-state index is 8.74. The first-order chi connectivity index (χ1) is 11.8. The first-order valence-corrected chi connectivity index (χ1v) is 9.22. The molecule has 1 aliphatic heterocycles. The number of anilines is 1. The largest absolute Gasteiger partial charge is 0.412 e. The standard InChI is InChI=1S/C12H12BrN7.H2O4S.H2O/c1-14-8-4-19(5-8)11-12-18-16-6-20(12)9-2-7(13)3-15-10(9)17-11;1-5(2,3)4;/h2-3,6,8,14H,4-5H2,1H3;(H2,1,2,3,4);1H2. The molecule has 0 unspecified atom stereocenters. The zero-order valence-electron chi connectivity index (χ0n) is 13.4. The Morgan fingerprint density at radius 3 is 2.62 bits per heavy atom. The van der Waals surface area contributed by atoms with Gasteiger partial charge in [-0.25, -0.2) is 9.97 Å². The third-order valence-electron chi connectivity index (χ3n) is 3.62. The number of likely N-dealkylation sites (N-methyl/N-ethyl adjacent to an activating group) is 1. The van der Waals surface area contributed by atoms with Crippen LogP contribution in [0.5, 0.6) is 0 Å². The van der Waals surface area contributed by atoms with Crippen molar-refractivity contribution in [2.45, 2.75) is 6.04 Å². The predicted molar refractivity (Wildman–Crippen MR) is 96.6 cm³/mol. The van der Waals surface area contributed by atoms with Crippen molar-refractivity contribution in [2.24, 2.45) is 0 Å². The molecule has 1 aliphatic rings. The molecular formula is C12H16BrN7O5S. The zero-order chi connectivity index (χ0) is 18.2. The van der Waals surface area contributed by atoms with E-state index >= 15 is 0 Å². The van der Waals surface area contributed by atoms with Gasteiger partial charge in [-0.15, -0.1) is 10.2 Å². The van der Waals surface area contributed by atoms with Crippen LogP contribution in [0, 0.1) is 0 Å². The Bertz CT molecular complexity index is 1010. The normalized spacial score (nSPS) is 14.5. The number of halogens is 1. The average molecular weight is 450 g/mol. The van der Waals surface area contributed by atoms with Gasteiger partial charge in [-0.05, 0) is 29.0 Å². The molecule has 4 rings (SSSR count). The quantitative estimate of drug-likeness (QED) is 0.426. The molecule has 0 bridgehead atoms. The fourth-order valence-electron chi connectivity index (χ4n) is 2.45. The molecule has 0 saturated carbocycles. The molecule has 1 fully saturated rings. The predicted octanol–water partition coefficient (Wildman–Crippen LogP) is -0.635. The van der Waals surface area contributed by atoms with Gasteiger partial charge in [-0.2, -0.15) is 8.42 Å². The van der Waals surface area contributed by atoms with E-state index in [9.17, 15) is 0 Å². The Hall–Kier alpha value is -1.97. The van der Waals surface area contributed by atoms with Crippen LogP contribution in [0.1, 0.15) is 0 Å². The van der Waals surface area contributed by atoms with Crippen LogP contribution in [0.15, 0.2) is 23.1 Å². The van der Waals surface area contributed by atoms with Gasteiger partial charge in [-0.1, -0.05) is 0 Å². The Morgan fingerprint density at radius 1 is 1.35 bits per heavy atom. The van der Waals surface area contributed by atoms with Crippen LogP contribution in [0.3, 0.4) is 0 Å². The first kappa shape index (κ1) is 20.3. The highest BCUT2D eigenvalue weighted by atomic mass is 79.9. The second kappa shape index (κ2) is 7.73. The molecule has 0 radical (unpaired) electrons. The molecule has 0 aliphatic carbocycles. The second-order valence-corrected chi connectivity index (χ2v) is 7.11. The van der Waals surface area contributed by atoms with Crippen LogP contribution in [0.4, 0.5) is 5.82 Å². The molecule has 1 saturated heterocycles. The minimum absolute atomic E-state index is 0. The Morgan fingerprint density at radius 2 is 2.00 bits per heavy atom. The van der Waals surface area contributed by atoms with E-state index in [4.69, 9.17) is 17.5 Å². The number of nitrogens with one attached hydrogen (secondary N) is 1. The van der Waals surface area contributed by atoms with Gasteiger partial charge < -0.3 is 15.7 Å². The van der Waals surface area contributed by atoms with E-state index in [2.05, 4.69) is 46.3 Å². The number of hydrogen-bond donors (Lipinski definition) is 3. The summed E-state index contributed by atoms with van der Waals surface area (Å²) in [6, 6.07) is 2.48. The molecule has 0 atom stereocenters. The number of hydrogen-bond acceptors (Lipinski definition) is 8. The lowest BCUT2D eigenvalue weighted by Crippen LogP contribution is -2.57. The lowest BCUT2D eigenvalue weighted by atomic mass is 10.1. The van der Waals surface area contributed by atoms with Crippen molar-refractivity contribution in [2.75, 3.05) is 25.0 Å². The molecule has 3 aromatic rings. The van der Waals surface area contributed by atoms with Crippen molar-refractivity contribution >= 4 is 49.0 Å². The van der Waals surface area contributed by atoms with Gasteiger partial charge in [0, 0.05) is 29.8 Å².